The Bertz CT molecular complexity index is 1140. The van der Waals surface area contributed by atoms with Crippen molar-refractivity contribution in [3.63, 3.8) is 0 Å². The third kappa shape index (κ3) is 4.34. The highest BCUT2D eigenvalue weighted by Crippen LogP contribution is 2.28. The Morgan fingerprint density at radius 1 is 1.03 bits per heavy atom. The number of anilines is 2. The largest absolute Gasteiger partial charge is 0.464 e. The summed E-state index contributed by atoms with van der Waals surface area (Å²) in [5, 5.41) is 2.83. The molecule has 3 amide bonds. The molecule has 32 heavy (non-hydrogen) atoms. The lowest BCUT2D eigenvalue weighted by molar-refractivity contribution is -0.156. The summed E-state index contributed by atoms with van der Waals surface area (Å²) in [5.74, 6) is -0.587. The minimum absolute atomic E-state index is 0.303. The summed E-state index contributed by atoms with van der Waals surface area (Å²) in [6, 6.07) is 15.9. The zero-order valence-corrected chi connectivity index (χ0v) is 17.7. The quantitative estimate of drug-likeness (QED) is 0.460. The molecule has 1 aliphatic rings. The number of hydrogen-bond donors (Lipinski definition) is 2. The van der Waals surface area contributed by atoms with E-state index in [4.69, 9.17) is 10.2 Å². The Morgan fingerprint density at radius 2 is 1.75 bits per heavy atom. The lowest BCUT2D eigenvalue weighted by atomic mass is 10.1. The predicted octanol–water partition coefficient (Wildman–Crippen LogP) is 2.97. The van der Waals surface area contributed by atoms with Crippen molar-refractivity contribution in [2.75, 3.05) is 30.7 Å². The van der Waals surface area contributed by atoms with E-state index in [2.05, 4.69) is 5.32 Å². The minimum atomic E-state index is -0.494. The first-order valence-corrected chi connectivity index (χ1v) is 10.4. The van der Waals surface area contributed by atoms with Crippen LogP contribution < -0.4 is 11.1 Å². The number of benzene rings is 2. The van der Waals surface area contributed by atoms with Gasteiger partial charge in [-0.3, -0.25) is 14.4 Å². The summed E-state index contributed by atoms with van der Waals surface area (Å²) in [6.07, 6.45) is 1.58. The topological polar surface area (TPSA) is 109 Å². The van der Waals surface area contributed by atoms with Crippen molar-refractivity contribution in [1.29, 1.82) is 0 Å². The summed E-state index contributed by atoms with van der Waals surface area (Å²) in [4.78, 5) is 40.1. The minimum Gasteiger partial charge on any atom is -0.464 e. The number of carbonyl (C=O) groups excluding carboxylic acids is 3. The van der Waals surface area contributed by atoms with E-state index < -0.39 is 11.8 Å². The predicted molar refractivity (Wildman–Crippen MR) is 121 cm³/mol. The molecule has 0 atom stereocenters. The van der Waals surface area contributed by atoms with Crippen LogP contribution in [0.1, 0.15) is 22.8 Å². The molecule has 1 aromatic heterocycles. The van der Waals surface area contributed by atoms with Crippen molar-refractivity contribution in [2.24, 2.45) is 0 Å². The van der Waals surface area contributed by atoms with Crippen LogP contribution in [0, 0.1) is 0 Å². The summed E-state index contributed by atoms with van der Waals surface area (Å²) < 4.78 is 5.40. The van der Waals surface area contributed by atoms with Crippen LogP contribution in [0.15, 0.2) is 65.3 Å². The third-order valence-electron chi connectivity index (χ3n) is 5.48. The number of furan rings is 1. The molecule has 164 valence electrons. The van der Waals surface area contributed by atoms with Crippen LogP contribution in [0.4, 0.5) is 11.4 Å². The Balaban J connectivity index is 1.42. The van der Waals surface area contributed by atoms with Gasteiger partial charge >= 0.3 is 11.8 Å². The van der Waals surface area contributed by atoms with Crippen LogP contribution in [-0.2, 0) is 16.1 Å². The van der Waals surface area contributed by atoms with Gasteiger partial charge < -0.3 is 25.3 Å². The molecule has 0 unspecified atom stereocenters. The fourth-order valence-corrected chi connectivity index (χ4v) is 3.60. The zero-order chi connectivity index (χ0) is 22.7. The molecular formula is C24H24N4O4. The fraction of sp³-hybridized carbons (Fsp3) is 0.208. The number of carbonyl (C=O) groups is 3. The van der Waals surface area contributed by atoms with Crippen molar-refractivity contribution in [3.05, 3.63) is 72.0 Å². The number of nitrogen functional groups attached to an aromatic ring is 1. The molecule has 4 rings (SSSR count). The van der Waals surface area contributed by atoms with Gasteiger partial charge in [0.15, 0.2) is 0 Å². The number of hydrogen-bond acceptors (Lipinski definition) is 5. The molecule has 0 radical (unpaired) electrons. The Kier molecular flexibility index (Phi) is 5.93. The van der Waals surface area contributed by atoms with Crippen molar-refractivity contribution < 1.29 is 18.8 Å². The van der Waals surface area contributed by atoms with Crippen molar-refractivity contribution >= 4 is 29.1 Å². The van der Waals surface area contributed by atoms with Crippen LogP contribution in [0.2, 0.25) is 0 Å². The van der Waals surface area contributed by atoms with Gasteiger partial charge in [0.05, 0.1) is 17.6 Å². The summed E-state index contributed by atoms with van der Waals surface area (Å²) in [7, 11) is 0. The molecule has 1 saturated heterocycles. The first-order chi connectivity index (χ1) is 15.5. The second kappa shape index (κ2) is 8.97. The summed E-state index contributed by atoms with van der Waals surface area (Å²) in [5.41, 5.74) is 9.06. The van der Waals surface area contributed by atoms with Crippen LogP contribution >= 0.6 is 0 Å². The summed E-state index contributed by atoms with van der Waals surface area (Å²) in [6.45, 7) is 3.72. The monoisotopic (exact) mass is 432 g/mol. The van der Waals surface area contributed by atoms with Crippen LogP contribution in [0.25, 0.3) is 11.3 Å². The molecule has 0 saturated carbocycles. The number of amides is 3. The SMILES string of the molecule is CCN1CCN(Cc2ccc(C(=O)Nc3cc(-c4ccco4)ccc3N)cc2)C(=O)C1=O. The zero-order valence-electron chi connectivity index (χ0n) is 17.7. The molecular weight excluding hydrogens is 408 g/mol. The number of likely N-dealkylation sites (N-methyl/N-ethyl adjacent to an activating group) is 1. The Hall–Kier alpha value is -4.07. The van der Waals surface area contributed by atoms with E-state index in [-0.39, 0.29) is 5.91 Å². The van der Waals surface area contributed by atoms with Gasteiger partial charge in [0, 0.05) is 37.3 Å². The van der Waals surface area contributed by atoms with Gasteiger partial charge in [-0.15, -0.1) is 0 Å². The van der Waals surface area contributed by atoms with E-state index in [1.165, 1.54) is 4.90 Å². The molecule has 3 N–H and O–H groups in total. The average molecular weight is 432 g/mol. The van der Waals surface area contributed by atoms with Crippen LogP contribution in [-0.4, -0.2) is 47.2 Å². The van der Waals surface area contributed by atoms with Crippen LogP contribution in [0.5, 0.6) is 0 Å². The highest BCUT2D eigenvalue weighted by atomic mass is 16.3. The molecule has 8 nitrogen and oxygen atoms in total. The van der Waals surface area contributed by atoms with Gasteiger partial charge in [-0.2, -0.15) is 0 Å². The van der Waals surface area contributed by atoms with E-state index in [9.17, 15) is 14.4 Å². The van der Waals surface area contributed by atoms with Crippen LogP contribution in [0.3, 0.4) is 0 Å². The van der Waals surface area contributed by atoms with E-state index in [0.29, 0.717) is 48.9 Å². The maximum atomic E-state index is 12.7. The molecule has 2 heterocycles. The molecule has 1 fully saturated rings. The van der Waals surface area contributed by atoms with Gasteiger partial charge in [0.1, 0.15) is 5.76 Å². The average Bonchev–Trinajstić information content (AvgIpc) is 3.34. The van der Waals surface area contributed by atoms with Crippen molar-refractivity contribution in [2.45, 2.75) is 13.5 Å². The molecule has 2 aromatic carbocycles. The highest BCUT2D eigenvalue weighted by molar-refractivity contribution is 6.35. The van der Waals surface area contributed by atoms with Gasteiger partial charge in [0.25, 0.3) is 5.91 Å². The van der Waals surface area contributed by atoms with Gasteiger partial charge in [0.2, 0.25) is 0 Å². The number of nitrogens with two attached hydrogens (primary N) is 1. The lowest BCUT2D eigenvalue weighted by Gasteiger charge is -2.33. The second-order valence-corrected chi connectivity index (χ2v) is 7.54. The van der Waals surface area contributed by atoms with Gasteiger partial charge in [-0.1, -0.05) is 12.1 Å². The fourth-order valence-electron chi connectivity index (χ4n) is 3.60. The summed E-state index contributed by atoms with van der Waals surface area (Å²) >= 11 is 0. The molecule has 1 aliphatic heterocycles. The van der Waals surface area contributed by atoms with E-state index in [1.807, 2.05) is 19.1 Å². The van der Waals surface area contributed by atoms with Gasteiger partial charge in [-0.05, 0) is 55.0 Å². The maximum Gasteiger partial charge on any atom is 0.312 e. The van der Waals surface area contributed by atoms with Crippen molar-refractivity contribution in [3.8, 4) is 11.3 Å². The molecule has 0 bridgehead atoms. The smallest absolute Gasteiger partial charge is 0.312 e. The number of rotatable bonds is 6. The van der Waals surface area contributed by atoms with E-state index in [0.717, 1.165) is 11.1 Å². The molecule has 0 aliphatic carbocycles. The van der Waals surface area contributed by atoms with Gasteiger partial charge in [-0.25, -0.2) is 0 Å². The third-order valence-corrected chi connectivity index (χ3v) is 5.48. The van der Waals surface area contributed by atoms with Crippen molar-refractivity contribution in [1.82, 2.24) is 9.80 Å². The maximum absolute atomic E-state index is 12.7. The second-order valence-electron chi connectivity index (χ2n) is 7.54. The Labute approximate surface area is 185 Å². The lowest BCUT2D eigenvalue weighted by Crippen LogP contribution is -2.53. The highest BCUT2D eigenvalue weighted by Gasteiger charge is 2.31. The first kappa shape index (κ1) is 21.2. The first-order valence-electron chi connectivity index (χ1n) is 10.4. The van der Waals surface area contributed by atoms with E-state index in [1.54, 1.807) is 53.6 Å². The Morgan fingerprint density at radius 3 is 2.44 bits per heavy atom. The molecule has 3 aromatic rings. The number of nitrogens with one attached hydrogen (secondary N) is 1. The normalized spacial score (nSPS) is 14.0. The molecule has 8 heteroatoms. The number of nitrogens with zero attached hydrogens (tertiary/aromatic N) is 2. The molecule has 0 spiro atoms. The standard InChI is InChI=1S/C24H24N4O4/c1-2-27-11-12-28(24(31)23(27)30)15-16-5-7-17(8-6-16)22(29)26-20-14-18(9-10-19(20)25)21-4-3-13-32-21/h3-10,13-14H,2,11-12,15,25H2,1H3,(H,26,29). The van der Waals surface area contributed by atoms with E-state index >= 15 is 0 Å². The number of piperazine rings is 1.